The summed E-state index contributed by atoms with van der Waals surface area (Å²) in [7, 11) is 0. The first kappa shape index (κ1) is 22.0. The second-order valence-corrected chi connectivity index (χ2v) is 7.48. The minimum Gasteiger partial charge on any atom is -0.507 e. The zero-order valence-corrected chi connectivity index (χ0v) is 18.0. The van der Waals surface area contributed by atoms with E-state index in [9.17, 15) is 19.5 Å². The Kier molecular flexibility index (Phi) is 6.31. The highest BCUT2D eigenvalue weighted by atomic mass is 16.5. The molecule has 33 heavy (non-hydrogen) atoms. The van der Waals surface area contributed by atoms with Crippen molar-refractivity contribution in [2.45, 2.75) is 19.4 Å². The van der Waals surface area contributed by atoms with Crippen LogP contribution >= 0.6 is 0 Å². The molecule has 2 heterocycles. The van der Waals surface area contributed by atoms with E-state index < -0.39 is 23.7 Å². The lowest BCUT2D eigenvalue weighted by molar-refractivity contribution is -0.132. The number of aromatic nitrogens is 1. The van der Waals surface area contributed by atoms with Crippen molar-refractivity contribution in [1.29, 1.82) is 0 Å². The van der Waals surface area contributed by atoms with Gasteiger partial charge in [0.25, 0.3) is 11.7 Å². The largest absolute Gasteiger partial charge is 0.507 e. The van der Waals surface area contributed by atoms with Crippen LogP contribution < -0.4 is 4.90 Å². The van der Waals surface area contributed by atoms with Crippen molar-refractivity contribution in [2.75, 3.05) is 11.5 Å². The molecule has 1 atom stereocenters. The van der Waals surface area contributed by atoms with Gasteiger partial charge in [0.1, 0.15) is 11.8 Å². The average molecular weight is 442 g/mol. The van der Waals surface area contributed by atoms with Gasteiger partial charge >= 0.3 is 5.97 Å². The maximum Gasteiger partial charge on any atom is 0.338 e. The number of benzene rings is 2. The Bertz CT molecular complexity index is 1220. The normalized spacial score (nSPS) is 17.2. The van der Waals surface area contributed by atoms with Gasteiger partial charge in [-0.05, 0) is 36.8 Å². The van der Waals surface area contributed by atoms with Crippen LogP contribution in [0.2, 0.25) is 0 Å². The quantitative estimate of drug-likeness (QED) is 0.265. The molecule has 1 aromatic heterocycles. The van der Waals surface area contributed by atoms with E-state index in [4.69, 9.17) is 4.74 Å². The fourth-order valence-corrected chi connectivity index (χ4v) is 3.73. The Balaban J connectivity index is 1.85. The Hall–Kier alpha value is -4.26. The molecule has 3 aromatic rings. The summed E-state index contributed by atoms with van der Waals surface area (Å²) >= 11 is 0. The van der Waals surface area contributed by atoms with Crippen LogP contribution in [0.3, 0.4) is 0 Å². The van der Waals surface area contributed by atoms with Gasteiger partial charge in [-0.3, -0.25) is 19.5 Å². The molecule has 0 spiro atoms. The molecule has 1 unspecified atom stereocenters. The number of ether oxygens (including phenoxy) is 1. The van der Waals surface area contributed by atoms with E-state index in [0.717, 1.165) is 0 Å². The summed E-state index contributed by atoms with van der Waals surface area (Å²) in [5.41, 5.74) is 1.34. The molecule has 2 aromatic carbocycles. The Morgan fingerprint density at radius 3 is 2.42 bits per heavy atom. The van der Waals surface area contributed by atoms with E-state index in [1.807, 2.05) is 6.92 Å². The molecule has 1 N–H and O–H groups in total. The highest BCUT2D eigenvalue weighted by Crippen LogP contribution is 2.41. The van der Waals surface area contributed by atoms with Crippen molar-refractivity contribution in [1.82, 2.24) is 4.98 Å². The number of nitrogens with zero attached hydrogens (tertiary/aromatic N) is 2. The number of Topliss-reactive ketones (excluding diaryl/α,β-unsaturated/α-hetero) is 1. The molecule has 0 bridgehead atoms. The van der Waals surface area contributed by atoms with Crippen LogP contribution in [0.25, 0.3) is 5.76 Å². The molecular formula is C26H22N2O5. The molecule has 0 saturated carbocycles. The summed E-state index contributed by atoms with van der Waals surface area (Å²) in [6, 6.07) is 19.1. The number of aliphatic hydroxyl groups is 1. The predicted molar refractivity (Wildman–Crippen MR) is 122 cm³/mol. The van der Waals surface area contributed by atoms with Crippen LogP contribution in [-0.2, 0) is 14.3 Å². The van der Waals surface area contributed by atoms with Crippen molar-refractivity contribution in [3.05, 3.63) is 101 Å². The maximum atomic E-state index is 13.2. The predicted octanol–water partition coefficient (Wildman–Crippen LogP) is 4.27. The van der Waals surface area contributed by atoms with Gasteiger partial charge in [-0.2, -0.15) is 0 Å². The molecule has 7 nitrogen and oxygen atoms in total. The van der Waals surface area contributed by atoms with Gasteiger partial charge in [0.05, 0.1) is 23.4 Å². The van der Waals surface area contributed by atoms with Crippen LogP contribution in [0.15, 0.2) is 84.6 Å². The number of carbonyl (C=O) groups is 3. The van der Waals surface area contributed by atoms with Crippen molar-refractivity contribution in [3.63, 3.8) is 0 Å². The summed E-state index contributed by atoms with van der Waals surface area (Å²) < 4.78 is 5.20. The van der Waals surface area contributed by atoms with Gasteiger partial charge in [-0.25, -0.2) is 4.79 Å². The highest BCUT2D eigenvalue weighted by Gasteiger charge is 2.47. The molecule has 1 aliphatic rings. The summed E-state index contributed by atoms with van der Waals surface area (Å²) in [6.07, 6.45) is 2.23. The SMILES string of the molecule is CCCOC(=O)c1cccc(N2C(=O)C(=O)/C(=C(/O)c3ccccc3)C2c2ccccn2)c1. The molecule has 0 radical (unpaired) electrons. The smallest absolute Gasteiger partial charge is 0.338 e. The zero-order valence-electron chi connectivity index (χ0n) is 18.0. The number of hydrogen-bond acceptors (Lipinski definition) is 6. The van der Waals surface area contributed by atoms with Gasteiger partial charge < -0.3 is 9.84 Å². The summed E-state index contributed by atoms with van der Waals surface area (Å²) in [5, 5.41) is 11.0. The fraction of sp³-hybridized carbons (Fsp3) is 0.154. The molecule has 1 fully saturated rings. The third kappa shape index (κ3) is 4.25. The number of anilines is 1. The van der Waals surface area contributed by atoms with Gasteiger partial charge in [-0.15, -0.1) is 0 Å². The lowest BCUT2D eigenvalue weighted by Crippen LogP contribution is -2.30. The average Bonchev–Trinajstić information content (AvgIpc) is 3.13. The summed E-state index contributed by atoms with van der Waals surface area (Å²) in [4.78, 5) is 44.3. The van der Waals surface area contributed by atoms with Crippen LogP contribution in [0.1, 0.15) is 41.0 Å². The first-order valence-corrected chi connectivity index (χ1v) is 10.6. The Labute approximate surface area is 191 Å². The van der Waals surface area contributed by atoms with Crippen molar-refractivity contribution >= 4 is 29.1 Å². The lowest BCUT2D eigenvalue weighted by atomic mass is 9.98. The van der Waals surface area contributed by atoms with Gasteiger partial charge in [0.15, 0.2) is 0 Å². The van der Waals surface area contributed by atoms with Gasteiger partial charge in [0, 0.05) is 17.4 Å². The second kappa shape index (κ2) is 9.48. The number of aliphatic hydroxyl groups excluding tert-OH is 1. The van der Waals surface area contributed by atoms with Crippen molar-refractivity contribution < 1.29 is 24.2 Å². The lowest BCUT2D eigenvalue weighted by Gasteiger charge is -2.25. The van der Waals surface area contributed by atoms with E-state index in [1.54, 1.807) is 72.9 Å². The number of esters is 1. The maximum absolute atomic E-state index is 13.2. The van der Waals surface area contributed by atoms with Crippen molar-refractivity contribution in [2.24, 2.45) is 0 Å². The second-order valence-electron chi connectivity index (χ2n) is 7.48. The van der Waals surface area contributed by atoms with Gasteiger partial charge in [0.2, 0.25) is 0 Å². The van der Waals surface area contributed by atoms with Crippen molar-refractivity contribution in [3.8, 4) is 0 Å². The van der Waals surface area contributed by atoms with Gasteiger partial charge in [-0.1, -0.05) is 49.4 Å². The molecular weight excluding hydrogens is 420 g/mol. The van der Waals surface area contributed by atoms with Crippen LogP contribution in [-0.4, -0.2) is 34.4 Å². The summed E-state index contributed by atoms with van der Waals surface area (Å²) in [6.45, 7) is 2.17. The standard InChI is InChI=1S/C26H22N2O5/c1-2-15-33-26(32)18-11-8-12-19(16-18)28-22(20-13-6-7-14-27-20)21(24(30)25(28)31)23(29)17-9-4-3-5-10-17/h3-14,16,22,29H,2,15H2,1H3/b23-21+. The minimum atomic E-state index is -0.965. The van der Waals surface area contributed by atoms with Crippen LogP contribution in [0, 0.1) is 0 Å². The molecule has 4 rings (SSSR count). The number of hydrogen-bond donors (Lipinski definition) is 1. The third-order valence-electron chi connectivity index (χ3n) is 5.26. The van der Waals surface area contributed by atoms with E-state index in [2.05, 4.69) is 4.98 Å². The third-order valence-corrected chi connectivity index (χ3v) is 5.26. The first-order valence-electron chi connectivity index (χ1n) is 10.6. The zero-order chi connectivity index (χ0) is 23.4. The molecule has 1 saturated heterocycles. The fourth-order valence-electron chi connectivity index (χ4n) is 3.73. The minimum absolute atomic E-state index is 0.0659. The van der Waals surface area contributed by atoms with E-state index >= 15 is 0 Å². The number of pyridine rings is 1. The Morgan fingerprint density at radius 2 is 1.73 bits per heavy atom. The number of ketones is 1. The van der Waals surface area contributed by atoms with E-state index in [-0.39, 0.29) is 23.5 Å². The molecule has 166 valence electrons. The van der Waals surface area contributed by atoms with E-state index in [0.29, 0.717) is 23.4 Å². The number of carbonyl (C=O) groups excluding carboxylic acids is 3. The Morgan fingerprint density at radius 1 is 1.00 bits per heavy atom. The number of amides is 1. The van der Waals surface area contributed by atoms with E-state index in [1.165, 1.54) is 11.0 Å². The first-order chi connectivity index (χ1) is 16.0. The topological polar surface area (TPSA) is 96.8 Å². The summed E-state index contributed by atoms with van der Waals surface area (Å²) in [5.74, 6) is -2.45. The highest BCUT2D eigenvalue weighted by molar-refractivity contribution is 6.51. The molecule has 0 aliphatic carbocycles. The monoisotopic (exact) mass is 442 g/mol. The molecule has 7 heteroatoms. The van der Waals surface area contributed by atoms with Crippen LogP contribution in [0.4, 0.5) is 5.69 Å². The van der Waals surface area contributed by atoms with Crippen LogP contribution in [0.5, 0.6) is 0 Å². The molecule has 1 amide bonds. The number of rotatable bonds is 6. The molecule has 1 aliphatic heterocycles.